The molecule has 0 aliphatic rings. The zero-order valence-corrected chi connectivity index (χ0v) is 29.4. The number of halogens is 12. The summed E-state index contributed by atoms with van der Waals surface area (Å²) in [6.45, 7) is -2.73. The van der Waals surface area contributed by atoms with Gasteiger partial charge in [0.05, 0.1) is 52.6 Å². The third-order valence-electron chi connectivity index (χ3n) is 6.08. The van der Waals surface area contributed by atoms with Crippen LogP contribution in [0.4, 0.5) is 70.1 Å². The largest absolute Gasteiger partial charge is 0.478 e. The number of aromatic nitrogens is 3. The Hall–Kier alpha value is -6.18. The van der Waals surface area contributed by atoms with Crippen LogP contribution in [0.2, 0.25) is 0 Å². The molecule has 7 N–H and O–H groups in total. The number of hydrogen-bond donors (Lipinski definition) is 4. The van der Waals surface area contributed by atoms with Gasteiger partial charge in [-0.3, -0.25) is 0 Å². The number of aromatic carboxylic acids is 1. The highest BCUT2D eigenvalue weighted by Crippen LogP contribution is 2.24. The number of esters is 2. The van der Waals surface area contributed by atoms with Crippen LogP contribution in [-0.2, 0) is 9.47 Å². The van der Waals surface area contributed by atoms with Crippen molar-refractivity contribution in [3.8, 4) is 17.6 Å². The molecular weight excluding hydrogens is 840 g/mol. The highest BCUT2D eigenvalue weighted by molar-refractivity contribution is 5.94. The molecule has 0 fully saturated rings. The van der Waals surface area contributed by atoms with E-state index in [4.69, 9.17) is 36.5 Å². The van der Waals surface area contributed by atoms with Gasteiger partial charge >= 0.3 is 42.6 Å². The van der Waals surface area contributed by atoms with Crippen LogP contribution >= 0.6 is 0 Å². The minimum absolute atomic E-state index is 0. The lowest BCUT2D eigenvalue weighted by molar-refractivity contribution is -0.142. The van der Waals surface area contributed by atoms with Crippen LogP contribution < -0.4 is 31.4 Å². The van der Waals surface area contributed by atoms with Crippen molar-refractivity contribution in [1.29, 1.82) is 0 Å². The second kappa shape index (κ2) is 23.3. The minimum Gasteiger partial charge on any atom is -0.478 e. The Kier molecular flexibility index (Phi) is 20.8. The lowest BCUT2D eigenvalue weighted by Crippen LogP contribution is -2.16. The number of pyridine rings is 3. The summed E-state index contributed by atoms with van der Waals surface area (Å²) in [4.78, 5) is 43.9. The average Bonchev–Trinajstić information content (AvgIpc) is 3.06. The van der Waals surface area contributed by atoms with E-state index in [-0.39, 0.29) is 53.4 Å². The first kappa shape index (κ1) is 52.8. The molecule has 3 rings (SSSR count). The van der Waals surface area contributed by atoms with Gasteiger partial charge in [-0.15, -0.1) is 0 Å². The van der Waals surface area contributed by atoms with Gasteiger partial charge in [0, 0.05) is 18.2 Å². The molecule has 15 nitrogen and oxygen atoms in total. The van der Waals surface area contributed by atoms with Crippen molar-refractivity contribution in [2.24, 2.45) is 0 Å². The molecule has 27 heteroatoms. The molecular formula is C32H36F12N6O9. The molecule has 0 atom stereocenters. The van der Waals surface area contributed by atoms with Gasteiger partial charge in [0.1, 0.15) is 40.8 Å². The highest BCUT2D eigenvalue weighted by Gasteiger charge is 2.30. The second-order valence-electron chi connectivity index (χ2n) is 10.7. The fourth-order valence-corrected chi connectivity index (χ4v) is 3.40. The summed E-state index contributed by atoms with van der Waals surface area (Å²) in [6, 6.07) is 6.90. The zero-order chi connectivity index (χ0) is 44.5. The van der Waals surface area contributed by atoms with Crippen LogP contribution in [-0.4, -0.2) is 96.2 Å². The maximum Gasteiger partial charge on any atom is 0.392 e. The molecule has 0 unspecified atom stereocenters. The maximum atomic E-state index is 11.9. The molecule has 59 heavy (non-hydrogen) atoms. The van der Waals surface area contributed by atoms with Gasteiger partial charge in [-0.05, 0) is 18.2 Å². The third-order valence-corrected chi connectivity index (χ3v) is 6.08. The van der Waals surface area contributed by atoms with E-state index in [1.807, 2.05) is 0 Å². The van der Waals surface area contributed by atoms with Gasteiger partial charge in [0.2, 0.25) is 17.6 Å². The number of carbonyl (C=O) groups is 3. The van der Waals surface area contributed by atoms with Crippen LogP contribution in [0.1, 0.15) is 64.2 Å². The molecule has 0 saturated heterocycles. The molecule has 0 bridgehead atoms. The Balaban J connectivity index is 0.000000860. The first-order valence-electron chi connectivity index (χ1n) is 15.5. The Labute approximate surface area is 325 Å². The van der Waals surface area contributed by atoms with E-state index in [0.717, 1.165) is 24.3 Å². The van der Waals surface area contributed by atoms with Crippen molar-refractivity contribution < 1.29 is 95.9 Å². The number of anilines is 3. The summed E-state index contributed by atoms with van der Waals surface area (Å²) in [5.41, 5.74) is 15.6. The summed E-state index contributed by atoms with van der Waals surface area (Å²) < 4.78 is 166. The van der Waals surface area contributed by atoms with E-state index in [9.17, 15) is 67.1 Å². The molecule has 3 aromatic rings. The molecule has 0 spiro atoms. The molecule has 0 saturated carbocycles. The highest BCUT2D eigenvalue weighted by atomic mass is 19.4. The topological polar surface area (TPSA) is 234 Å². The number of carboxylic acid groups (broad SMARTS) is 1. The van der Waals surface area contributed by atoms with Crippen molar-refractivity contribution in [3.63, 3.8) is 0 Å². The van der Waals surface area contributed by atoms with Gasteiger partial charge in [-0.1, -0.05) is 7.43 Å². The van der Waals surface area contributed by atoms with Gasteiger partial charge in [-0.25, -0.2) is 14.4 Å². The Morgan fingerprint density at radius 3 is 1.08 bits per heavy atom. The van der Waals surface area contributed by atoms with E-state index in [2.05, 4.69) is 24.4 Å². The first-order valence-corrected chi connectivity index (χ1v) is 15.5. The summed E-state index contributed by atoms with van der Waals surface area (Å²) in [6.07, 6.45) is -22.2. The summed E-state index contributed by atoms with van der Waals surface area (Å²) in [5.74, 6) is -4.43. The number of ether oxygens (including phenoxy) is 5. The number of nitrogen functional groups attached to an aromatic ring is 3. The Bertz CT molecular complexity index is 1810. The molecule has 0 aliphatic heterocycles. The van der Waals surface area contributed by atoms with Crippen molar-refractivity contribution in [3.05, 3.63) is 53.1 Å². The van der Waals surface area contributed by atoms with Crippen LogP contribution in [0.15, 0.2) is 36.4 Å². The van der Waals surface area contributed by atoms with Gasteiger partial charge < -0.3 is 46.0 Å². The van der Waals surface area contributed by atoms with E-state index >= 15 is 0 Å². The lowest BCUT2D eigenvalue weighted by atomic mass is 10.2. The van der Waals surface area contributed by atoms with Crippen molar-refractivity contribution in [2.75, 3.05) is 50.7 Å². The predicted molar refractivity (Wildman–Crippen MR) is 180 cm³/mol. The summed E-state index contributed by atoms with van der Waals surface area (Å²) in [5, 5.41) is 8.63. The molecule has 0 amide bonds. The number of methoxy groups -OCH3 is 1. The van der Waals surface area contributed by atoms with Crippen LogP contribution in [0.3, 0.4) is 0 Å². The smallest absolute Gasteiger partial charge is 0.392 e. The number of hydrogen-bond acceptors (Lipinski definition) is 14. The van der Waals surface area contributed by atoms with E-state index in [0.29, 0.717) is 0 Å². The van der Waals surface area contributed by atoms with Crippen molar-refractivity contribution in [1.82, 2.24) is 15.0 Å². The van der Waals surface area contributed by atoms with Crippen LogP contribution in [0.25, 0.3) is 0 Å². The van der Waals surface area contributed by atoms with E-state index in [1.165, 1.54) is 19.2 Å². The Morgan fingerprint density at radius 1 is 0.525 bits per heavy atom. The monoisotopic (exact) mass is 876 g/mol. The number of rotatable bonds is 14. The van der Waals surface area contributed by atoms with Gasteiger partial charge in [-0.2, -0.15) is 67.6 Å². The number of nitrogens with zero attached hydrogens (tertiary/aromatic N) is 3. The SMILES string of the molecule is C.COC(=O)c1ccc(OCCC(F)(F)F)nc1N.Nc1nc(OCCC(F)(F)F)ccc1C(=O)O.Nc1nc(OCCC(F)(F)F)ccc1C(=O)OCCC(F)(F)F. The predicted octanol–water partition coefficient (Wildman–Crippen LogP) is 7.22. The average molecular weight is 877 g/mol. The molecule has 3 aromatic heterocycles. The molecule has 332 valence electrons. The van der Waals surface area contributed by atoms with Gasteiger partial charge in [0.15, 0.2) is 0 Å². The number of carbonyl (C=O) groups excluding carboxylic acids is 2. The Morgan fingerprint density at radius 2 is 0.814 bits per heavy atom. The van der Waals surface area contributed by atoms with E-state index in [1.54, 1.807) is 0 Å². The van der Waals surface area contributed by atoms with Crippen LogP contribution in [0.5, 0.6) is 17.6 Å². The molecule has 0 aromatic carbocycles. The minimum atomic E-state index is -4.47. The summed E-state index contributed by atoms with van der Waals surface area (Å²) >= 11 is 0. The van der Waals surface area contributed by atoms with Crippen molar-refractivity contribution >= 4 is 35.4 Å². The second-order valence-corrected chi connectivity index (χ2v) is 10.7. The lowest BCUT2D eigenvalue weighted by Gasteiger charge is -2.10. The number of nitrogens with two attached hydrogens (primary N) is 3. The van der Waals surface area contributed by atoms with Crippen molar-refractivity contribution in [2.45, 2.75) is 57.8 Å². The fourth-order valence-electron chi connectivity index (χ4n) is 3.40. The summed E-state index contributed by atoms with van der Waals surface area (Å²) in [7, 11) is 1.18. The maximum absolute atomic E-state index is 11.9. The first-order chi connectivity index (χ1) is 26.6. The van der Waals surface area contributed by atoms with E-state index < -0.39 is 101 Å². The zero-order valence-electron chi connectivity index (χ0n) is 29.4. The van der Waals surface area contributed by atoms with Gasteiger partial charge in [0.25, 0.3) is 0 Å². The fraction of sp³-hybridized carbons (Fsp3) is 0.438. The standard InChI is InChI=1S/C12H12F6N2O3.C10H11F3N2O3.C9H9F3N2O3.CH4/c13-11(14,15)3-5-22-8-2-1-7(9(19)20-8)10(21)23-6-4-12(16,17)18;1-17-9(16)6-2-3-7(15-8(6)14)18-5-4-10(11,12)13;10-9(11,12)3-4-17-6-2-1-5(8(15)16)7(13)14-6;/h1-2H,3-6H2,(H2,19,20);2-3H,4-5H2,1H3,(H2,14,15);1-2H,3-4H2,(H2,13,14)(H,15,16);1H4. The normalized spacial score (nSPS) is 11.3. The number of alkyl halides is 12. The van der Waals surface area contributed by atoms with Crippen LogP contribution in [0, 0.1) is 0 Å². The quantitative estimate of drug-likeness (QED) is 0.0925. The third kappa shape index (κ3) is 23.0. The number of carboxylic acids is 1. The molecule has 3 heterocycles. The molecule has 0 radical (unpaired) electrons. The molecule has 0 aliphatic carbocycles.